The van der Waals surface area contributed by atoms with Gasteiger partial charge in [-0.2, -0.15) is 4.21 Å². The van der Waals surface area contributed by atoms with Gasteiger partial charge in [0.2, 0.25) is 0 Å². The lowest BCUT2D eigenvalue weighted by molar-refractivity contribution is 0.160. The predicted molar refractivity (Wildman–Crippen MR) is 122 cm³/mol. The van der Waals surface area contributed by atoms with Crippen LogP contribution in [0.25, 0.3) is 0 Å². The summed E-state index contributed by atoms with van der Waals surface area (Å²) in [5, 5.41) is 0. The summed E-state index contributed by atoms with van der Waals surface area (Å²) in [4.78, 5) is 3.13. The fraction of sp³-hybridized carbons (Fsp3) is 0.250. The highest BCUT2D eigenvalue weighted by Gasteiger charge is 2.35. The van der Waals surface area contributed by atoms with Crippen molar-refractivity contribution in [1.29, 1.82) is 0 Å². The molecule has 3 aliphatic heterocycles. The quantitative estimate of drug-likeness (QED) is 0.486. The third-order valence-corrected chi connectivity index (χ3v) is 7.63. The van der Waals surface area contributed by atoms with Gasteiger partial charge in [0.15, 0.2) is 23.0 Å². The van der Waals surface area contributed by atoms with E-state index < -0.39 is 11.4 Å². The second kappa shape index (κ2) is 8.23. The lowest BCUT2D eigenvalue weighted by Crippen LogP contribution is -2.39. The number of halogens is 1. The minimum Gasteiger partial charge on any atom is -0.493 e. The van der Waals surface area contributed by atoms with E-state index in [2.05, 4.69) is 4.90 Å². The molecule has 3 aliphatic rings. The van der Waals surface area contributed by atoms with Crippen LogP contribution in [0.3, 0.4) is 0 Å². The molecule has 0 amide bonds. The first-order valence-electron chi connectivity index (χ1n) is 10.6. The van der Waals surface area contributed by atoms with Crippen molar-refractivity contribution in [3.63, 3.8) is 0 Å². The van der Waals surface area contributed by atoms with Crippen LogP contribution in [-0.4, -0.2) is 22.8 Å². The molecular weight excluding hydrogens is 465 g/mol. The van der Waals surface area contributed by atoms with Gasteiger partial charge < -0.3 is 17.3 Å². The van der Waals surface area contributed by atoms with Crippen LogP contribution in [-0.2, 0) is 30.7 Å². The largest absolute Gasteiger partial charge is 0.493 e. The number of ether oxygens (including phenoxy) is 1. The number of fused-ring (bicyclic) bond motifs is 5. The van der Waals surface area contributed by atoms with Crippen LogP contribution in [0.2, 0.25) is 0 Å². The molecular formula is C24H20FNO5S2. The van der Waals surface area contributed by atoms with Gasteiger partial charge in [-0.05, 0) is 77.6 Å². The number of benzene rings is 3. The van der Waals surface area contributed by atoms with E-state index in [9.17, 15) is 8.60 Å². The van der Waals surface area contributed by atoms with E-state index in [0.717, 1.165) is 38.0 Å². The van der Waals surface area contributed by atoms with Gasteiger partial charge in [-0.25, -0.2) is 4.39 Å². The Kier molecular flexibility index (Phi) is 5.20. The summed E-state index contributed by atoms with van der Waals surface area (Å²) in [6.45, 7) is 1.73. The Hall–Kier alpha value is -2.75. The maximum Gasteiger partial charge on any atom is 0.417 e. The third-order valence-electron chi connectivity index (χ3n) is 6.29. The summed E-state index contributed by atoms with van der Waals surface area (Å²) in [6, 6.07) is 14.5. The molecule has 0 spiro atoms. The first-order valence-corrected chi connectivity index (χ1v) is 12.3. The Morgan fingerprint density at radius 1 is 1.06 bits per heavy atom. The molecule has 0 aliphatic carbocycles. The van der Waals surface area contributed by atoms with Crippen LogP contribution in [0.15, 0.2) is 53.4 Å². The van der Waals surface area contributed by atoms with Crippen LogP contribution in [0.5, 0.6) is 23.0 Å². The van der Waals surface area contributed by atoms with Crippen molar-refractivity contribution < 1.29 is 25.9 Å². The normalized spacial score (nSPS) is 20.5. The van der Waals surface area contributed by atoms with E-state index in [4.69, 9.17) is 17.3 Å². The van der Waals surface area contributed by atoms with Crippen molar-refractivity contribution in [3.05, 3.63) is 76.6 Å². The van der Waals surface area contributed by atoms with Gasteiger partial charge in [-0.3, -0.25) is 4.90 Å². The molecule has 33 heavy (non-hydrogen) atoms. The Morgan fingerprint density at radius 3 is 2.70 bits per heavy atom. The monoisotopic (exact) mass is 485 g/mol. The molecule has 3 aromatic carbocycles. The highest BCUT2D eigenvalue weighted by molar-refractivity contribution is 7.95. The summed E-state index contributed by atoms with van der Waals surface area (Å²) in [5.74, 6) is 2.04. The van der Waals surface area contributed by atoms with Gasteiger partial charge >= 0.3 is 11.4 Å². The van der Waals surface area contributed by atoms with E-state index in [1.54, 1.807) is 19.2 Å². The summed E-state index contributed by atoms with van der Waals surface area (Å²) < 4.78 is 47.3. The maximum absolute atomic E-state index is 13.5. The smallest absolute Gasteiger partial charge is 0.417 e. The summed E-state index contributed by atoms with van der Waals surface area (Å²) in [6.07, 6.45) is 1.70. The zero-order chi connectivity index (χ0) is 22.5. The molecule has 0 radical (unpaired) electrons. The summed E-state index contributed by atoms with van der Waals surface area (Å²) >= 11 is -0.659. The molecule has 0 aromatic heterocycles. The number of rotatable bonds is 4. The minimum absolute atomic E-state index is 0.182. The molecule has 3 aromatic rings. The van der Waals surface area contributed by atoms with Crippen LogP contribution in [0, 0.1) is 5.82 Å². The third kappa shape index (κ3) is 3.84. The highest BCUT2D eigenvalue weighted by Crippen LogP contribution is 2.46. The van der Waals surface area contributed by atoms with E-state index in [1.807, 2.05) is 24.3 Å². The van der Waals surface area contributed by atoms with Crippen molar-refractivity contribution in [3.8, 4) is 23.0 Å². The molecule has 0 fully saturated rings. The van der Waals surface area contributed by atoms with Gasteiger partial charge in [0.1, 0.15) is 5.82 Å². The molecule has 6 rings (SSSR count). The van der Waals surface area contributed by atoms with Gasteiger partial charge in [-0.15, -0.1) is 0 Å². The Bertz CT molecular complexity index is 1280. The standard InChI is InChI=1S/C24H20FNO5S2/c1-28-21-10-16-13-26-6-5-14-8-23-24(31-33(27)30-23)12-19(14)20(26)7-15(16)9-22(21)29-32-18-4-2-3-17(25)11-18/h2-4,8-12,20H,5-7,13H2,1H3. The lowest BCUT2D eigenvalue weighted by atomic mass is 9.83. The fourth-order valence-corrected chi connectivity index (χ4v) is 5.93. The second-order valence-electron chi connectivity index (χ2n) is 8.20. The van der Waals surface area contributed by atoms with Crippen LogP contribution in [0.4, 0.5) is 4.39 Å². The lowest BCUT2D eigenvalue weighted by Gasteiger charge is -2.41. The second-order valence-corrected chi connectivity index (χ2v) is 9.75. The molecule has 0 bridgehead atoms. The summed E-state index contributed by atoms with van der Waals surface area (Å²) in [7, 11) is 1.62. The van der Waals surface area contributed by atoms with E-state index >= 15 is 0 Å². The Morgan fingerprint density at radius 2 is 1.88 bits per heavy atom. The average Bonchev–Trinajstić information content (AvgIpc) is 3.18. The van der Waals surface area contributed by atoms with Crippen molar-refractivity contribution in [2.24, 2.45) is 0 Å². The molecule has 2 unspecified atom stereocenters. The van der Waals surface area contributed by atoms with E-state index in [0.29, 0.717) is 27.9 Å². The molecule has 0 saturated carbocycles. The molecule has 170 valence electrons. The Labute approximate surface area is 197 Å². The topological polar surface area (TPSA) is 57.2 Å². The van der Waals surface area contributed by atoms with Crippen molar-refractivity contribution in [2.75, 3.05) is 13.7 Å². The molecule has 9 heteroatoms. The number of methoxy groups -OCH3 is 1. The predicted octanol–water partition coefficient (Wildman–Crippen LogP) is 4.93. The Balaban J connectivity index is 1.30. The summed E-state index contributed by atoms with van der Waals surface area (Å²) in [5.41, 5.74) is 4.77. The van der Waals surface area contributed by atoms with E-state index in [-0.39, 0.29) is 11.9 Å². The molecule has 0 saturated heterocycles. The van der Waals surface area contributed by atoms with Gasteiger partial charge in [0, 0.05) is 19.1 Å². The zero-order valence-electron chi connectivity index (χ0n) is 17.7. The molecule has 0 N–H and O–H groups in total. The molecule has 2 atom stereocenters. The number of nitrogens with zero attached hydrogens (tertiary/aromatic N) is 1. The van der Waals surface area contributed by atoms with Crippen LogP contribution >= 0.6 is 12.0 Å². The van der Waals surface area contributed by atoms with E-state index in [1.165, 1.54) is 34.4 Å². The molecule has 6 nitrogen and oxygen atoms in total. The van der Waals surface area contributed by atoms with Crippen molar-refractivity contribution in [2.45, 2.75) is 30.3 Å². The van der Waals surface area contributed by atoms with Crippen LogP contribution in [0.1, 0.15) is 28.3 Å². The van der Waals surface area contributed by atoms with Crippen molar-refractivity contribution in [1.82, 2.24) is 4.90 Å². The van der Waals surface area contributed by atoms with Gasteiger partial charge in [0.25, 0.3) is 0 Å². The van der Waals surface area contributed by atoms with Crippen molar-refractivity contribution >= 4 is 23.4 Å². The van der Waals surface area contributed by atoms with Crippen LogP contribution < -0.4 is 17.3 Å². The SMILES string of the molecule is COc1cc2c(cc1OSc1cccc(F)c1)CC1c3cc4c(cc3CCN1C2)OS(=O)O4. The zero-order valence-corrected chi connectivity index (χ0v) is 19.3. The fourth-order valence-electron chi connectivity index (χ4n) is 4.73. The molecule has 3 heterocycles. The maximum atomic E-state index is 13.5. The average molecular weight is 486 g/mol. The number of hydrogen-bond donors (Lipinski definition) is 0. The van der Waals surface area contributed by atoms with Gasteiger partial charge in [-0.1, -0.05) is 6.07 Å². The number of hydrogen-bond acceptors (Lipinski definition) is 7. The first kappa shape index (κ1) is 20.8. The van der Waals surface area contributed by atoms with Gasteiger partial charge in [0.05, 0.1) is 24.0 Å². The first-order chi connectivity index (χ1) is 16.1. The highest BCUT2D eigenvalue weighted by atomic mass is 32.2. The minimum atomic E-state index is -1.76.